The van der Waals surface area contributed by atoms with Crippen molar-refractivity contribution in [3.8, 4) is 5.75 Å². The molecule has 21 heavy (non-hydrogen) atoms. The minimum Gasteiger partial charge on any atom is -0.497 e. The first-order valence-corrected chi connectivity index (χ1v) is 7.08. The molecule has 0 saturated carbocycles. The van der Waals surface area contributed by atoms with Crippen molar-refractivity contribution >= 4 is 11.9 Å². The van der Waals surface area contributed by atoms with Crippen LogP contribution in [0.25, 0.3) is 0 Å². The van der Waals surface area contributed by atoms with Gasteiger partial charge >= 0.3 is 5.97 Å². The molecule has 5 heteroatoms. The Morgan fingerprint density at radius 2 is 1.76 bits per heavy atom. The smallest absolute Gasteiger partial charge is 0.307 e. The quantitative estimate of drug-likeness (QED) is 0.688. The first kappa shape index (κ1) is 17.0. The van der Waals surface area contributed by atoms with E-state index in [1.165, 1.54) is 7.11 Å². The molecule has 1 aromatic rings. The highest BCUT2D eigenvalue weighted by molar-refractivity contribution is 5.77. The number of hydrogen-bond donors (Lipinski definition) is 0. The van der Waals surface area contributed by atoms with Gasteiger partial charge < -0.3 is 14.4 Å². The van der Waals surface area contributed by atoms with E-state index >= 15 is 0 Å². The van der Waals surface area contributed by atoms with Gasteiger partial charge in [0.25, 0.3) is 0 Å². The minimum atomic E-state index is -0.298. The van der Waals surface area contributed by atoms with Crippen LogP contribution < -0.4 is 4.74 Å². The molecule has 0 aliphatic carbocycles. The highest BCUT2D eigenvalue weighted by atomic mass is 16.5. The average molecular weight is 293 g/mol. The number of esters is 1. The van der Waals surface area contributed by atoms with Crippen molar-refractivity contribution in [1.29, 1.82) is 0 Å². The van der Waals surface area contributed by atoms with Crippen LogP contribution in [0.15, 0.2) is 24.3 Å². The number of hydrogen-bond acceptors (Lipinski definition) is 4. The van der Waals surface area contributed by atoms with E-state index < -0.39 is 0 Å². The van der Waals surface area contributed by atoms with E-state index in [1.54, 1.807) is 12.0 Å². The summed E-state index contributed by atoms with van der Waals surface area (Å²) in [5.74, 6) is 0.562. The lowest BCUT2D eigenvalue weighted by Gasteiger charge is -2.21. The van der Waals surface area contributed by atoms with E-state index in [0.29, 0.717) is 19.5 Å². The second kappa shape index (κ2) is 9.00. The van der Waals surface area contributed by atoms with E-state index in [4.69, 9.17) is 4.74 Å². The number of benzene rings is 1. The monoisotopic (exact) mass is 293 g/mol. The van der Waals surface area contributed by atoms with Crippen molar-refractivity contribution in [1.82, 2.24) is 4.90 Å². The topological polar surface area (TPSA) is 55.8 Å². The van der Waals surface area contributed by atoms with Gasteiger partial charge in [0, 0.05) is 19.5 Å². The molecule has 1 rings (SSSR count). The van der Waals surface area contributed by atoms with Gasteiger partial charge in [-0.1, -0.05) is 19.1 Å². The van der Waals surface area contributed by atoms with E-state index in [2.05, 4.69) is 4.74 Å². The molecule has 5 nitrogen and oxygen atoms in total. The molecular formula is C16H23NO4. The van der Waals surface area contributed by atoms with E-state index in [0.717, 1.165) is 17.7 Å². The number of ether oxygens (including phenoxy) is 2. The molecule has 0 N–H and O–H groups in total. The van der Waals surface area contributed by atoms with Crippen molar-refractivity contribution in [3.05, 3.63) is 29.8 Å². The average Bonchev–Trinajstić information content (AvgIpc) is 2.54. The highest BCUT2D eigenvalue weighted by Crippen LogP contribution is 2.12. The summed E-state index contributed by atoms with van der Waals surface area (Å²) < 4.78 is 9.72. The number of rotatable bonds is 8. The van der Waals surface area contributed by atoms with Crippen LogP contribution in [0, 0.1) is 0 Å². The molecule has 1 amide bonds. The molecule has 1 aromatic carbocycles. The number of carbonyl (C=O) groups excluding carboxylic acids is 2. The maximum Gasteiger partial charge on any atom is 0.307 e. The Hall–Kier alpha value is -2.04. The van der Waals surface area contributed by atoms with Crippen molar-refractivity contribution in [2.24, 2.45) is 0 Å². The zero-order valence-electron chi connectivity index (χ0n) is 12.9. The number of amides is 1. The summed E-state index contributed by atoms with van der Waals surface area (Å²) in [6.07, 6.45) is 1.41. The zero-order valence-corrected chi connectivity index (χ0v) is 12.9. The van der Waals surface area contributed by atoms with E-state index in [-0.39, 0.29) is 18.3 Å². The predicted molar refractivity (Wildman–Crippen MR) is 80.2 cm³/mol. The zero-order chi connectivity index (χ0) is 15.7. The number of methoxy groups -OCH3 is 2. The largest absolute Gasteiger partial charge is 0.497 e. The first-order chi connectivity index (χ1) is 10.1. The molecule has 0 aliphatic rings. The maximum absolute atomic E-state index is 11.9. The first-order valence-electron chi connectivity index (χ1n) is 7.08. The summed E-state index contributed by atoms with van der Waals surface area (Å²) in [6.45, 7) is 2.81. The third kappa shape index (κ3) is 5.85. The lowest BCUT2D eigenvalue weighted by atomic mass is 10.1. The molecule has 0 aromatic heterocycles. The van der Waals surface area contributed by atoms with Crippen LogP contribution in [0.1, 0.15) is 25.3 Å². The van der Waals surface area contributed by atoms with Crippen LogP contribution in [0.5, 0.6) is 5.75 Å². The summed E-state index contributed by atoms with van der Waals surface area (Å²) in [6, 6.07) is 7.76. The van der Waals surface area contributed by atoms with Gasteiger partial charge in [-0.3, -0.25) is 9.59 Å². The number of carbonyl (C=O) groups is 2. The molecule has 0 radical (unpaired) electrons. The fraction of sp³-hybridized carbons (Fsp3) is 0.500. The Morgan fingerprint density at radius 3 is 2.29 bits per heavy atom. The van der Waals surface area contributed by atoms with E-state index in [1.807, 2.05) is 31.2 Å². The third-order valence-electron chi connectivity index (χ3n) is 3.30. The molecule has 0 unspecified atom stereocenters. The van der Waals surface area contributed by atoms with Crippen molar-refractivity contribution in [3.63, 3.8) is 0 Å². The summed E-state index contributed by atoms with van der Waals surface area (Å²) in [5, 5.41) is 0. The Morgan fingerprint density at radius 1 is 1.10 bits per heavy atom. The highest BCUT2D eigenvalue weighted by Gasteiger charge is 2.13. The Bertz CT molecular complexity index is 456. The summed E-state index contributed by atoms with van der Waals surface area (Å²) in [7, 11) is 2.98. The maximum atomic E-state index is 11.9. The number of nitrogens with zero attached hydrogens (tertiary/aromatic N) is 1. The second-order valence-electron chi connectivity index (χ2n) is 4.66. The van der Waals surface area contributed by atoms with E-state index in [9.17, 15) is 9.59 Å². The van der Waals surface area contributed by atoms with Gasteiger partial charge in [-0.2, -0.15) is 0 Å². The van der Waals surface area contributed by atoms with Crippen LogP contribution in [-0.2, 0) is 20.7 Å². The van der Waals surface area contributed by atoms with Gasteiger partial charge in [0.15, 0.2) is 0 Å². The molecule has 0 spiro atoms. The van der Waals surface area contributed by atoms with Gasteiger partial charge in [-0.25, -0.2) is 0 Å². The van der Waals surface area contributed by atoms with Crippen molar-refractivity contribution in [2.75, 3.05) is 27.3 Å². The summed E-state index contributed by atoms with van der Waals surface area (Å²) in [4.78, 5) is 24.8. The van der Waals surface area contributed by atoms with Gasteiger partial charge in [0.2, 0.25) is 5.91 Å². The molecule has 0 atom stereocenters. The van der Waals surface area contributed by atoms with Crippen LogP contribution >= 0.6 is 0 Å². The lowest BCUT2D eigenvalue weighted by molar-refractivity contribution is -0.141. The molecular weight excluding hydrogens is 270 g/mol. The molecule has 0 heterocycles. The van der Waals surface area contributed by atoms with Crippen LogP contribution in [-0.4, -0.2) is 44.1 Å². The standard InChI is InChI=1S/C16H23NO4/c1-4-15(18)17(12-10-16(19)21-3)11-9-13-5-7-14(20-2)8-6-13/h5-8H,4,9-12H2,1-3H3. The molecule has 0 saturated heterocycles. The van der Waals surface area contributed by atoms with Crippen LogP contribution in [0.3, 0.4) is 0 Å². The minimum absolute atomic E-state index is 0.0485. The molecule has 116 valence electrons. The van der Waals surface area contributed by atoms with Crippen LogP contribution in [0.4, 0.5) is 0 Å². The van der Waals surface area contributed by atoms with Crippen LogP contribution in [0.2, 0.25) is 0 Å². The van der Waals surface area contributed by atoms with Gasteiger partial charge in [0.1, 0.15) is 5.75 Å². The van der Waals surface area contributed by atoms with Crippen molar-refractivity contribution in [2.45, 2.75) is 26.2 Å². The van der Waals surface area contributed by atoms with Crippen molar-refractivity contribution < 1.29 is 19.1 Å². The summed E-state index contributed by atoms with van der Waals surface area (Å²) >= 11 is 0. The Kier molecular flexibility index (Phi) is 7.29. The molecule has 0 fully saturated rings. The molecule has 0 aliphatic heterocycles. The SMILES string of the molecule is CCC(=O)N(CCC(=O)OC)CCc1ccc(OC)cc1. The Balaban J connectivity index is 2.55. The normalized spacial score (nSPS) is 10.0. The third-order valence-corrected chi connectivity index (χ3v) is 3.30. The lowest BCUT2D eigenvalue weighted by Crippen LogP contribution is -2.34. The second-order valence-corrected chi connectivity index (χ2v) is 4.66. The van der Waals surface area contributed by atoms with Gasteiger partial charge in [-0.05, 0) is 24.1 Å². The van der Waals surface area contributed by atoms with Gasteiger partial charge in [0.05, 0.1) is 20.6 Å². The fourth-order valence-corrected chi connectivity index (χ4v) is 1.97. The summed E-state index contributed by atoms with van der Waals surface area (Å²) in [5.41, 5.74) is 1.13. The fourth-order valence-electron chi connectivity index (χ4n) is 1.97. The Labute approximate surface area is 125 Å². The molecule has 0 bridgehead atoms. The predicted octanol–water partition coefficient (Wildman–Crippen LogP) is 2.04. The van der Waals surface area contributed by atoms with Gasteiger partial charge in [-0.15, -0.1) is 0 Å².